The first-order chi connectivity index (χ1) is 17.0. The van der Waals surface area contributed by atoms with E-state index in [1.807, 2.05) is 19.9 Å². The fourth-order valence-corrected chi connectivity index (χ4v) is 3.82. The Morgan fingerprint density at radius 3 is 2.42 bits per heavy atom. The molecule has 36 heavy (non-hydrogen) atoms. The van der Waals surface area contributed by atoms with E-state index in [1.165, 1.54) is 44.2 Å². The van der Waals surface area contributed by atoms with Gasteiger partial charge in [-0.3, -0.25) is 9.59 Å². The maximum Gasteiger partial charge on any atom is 0.336 e. The van der Waals surface area contributed by atoms with Gasteiger partial charge in [0.25, 0.3) is 0 Å². The molecule has 1 unspecified atom stereocenters. The van der Waals surface area contributed by atoms with Crippen molar-refractivity contribution in [3.8, 4) is 17.2 Å². The topological polar surface area (TPSA) is 118 Å². The highest BCUT2D eigenvalue weighted by atomic mass is 16.6. The van der Waals surface area contributed by atoms with E-state index in [0.29, 0.717) is 23.3 Å². The Morgan fingerprint density at radius 1 is 0.972 bits per heavy atom. The number of benzene rings is 2. The van der Waals surface area contributed by atoms with Crippen LogP contribution in [0.15, 0.2) is 57.8 Å². The van der Waals surface area contributed by atoms with Gasteiger partial charge in [-0.15, -0.1) is 0 Å². The second-order valence-corrected chi connectivity index (χ2v) is 8.81. The van der Waals surface area contributed by atoms with Crippen molar-refractivity contribution in [1.82, 2.24) is 0 Å². The molecule has 0 N–H and O–H groups in total. The predicted molar refractivity (Wildman–Crippen MR) is 129 cm³/mol. The Morgan fingerprint density at radius 2 is 1.69 bits per heavy atom. The molecule has 4 rings (SSSR count). The predicted octanol–water partition coefficient (Wildman–Crippen LogP) is 3.98. The van der Waals surface area contributed by atoms with E-state index in [-0.39, 0.29) is 11.5 Å². The van der Waals surface area contributed by atoms with Crippen LogP contribution in [0.3, 0.4) is 0 Å². The second kappa shape index (κ2) is 9.69. The summed E-state index contributed by atoms with van der Waals surface area (Å²) in [6.07, 6.45) is 2.56. The molecule has 0 spiro atoms. The van der Waals surface area contributed by atoms with Gasteiger partial charge < -0.3 is 23.4 Å². The van der Waals surface area contributed by atoms with E-state index in [2.05, 4.69) is 0 Å². The van der Waals surface area contributed by atoms with Crippen molar-refractivity contribution in [2.24, 2.45) is 0 Å². The zero-order valence-electron chi connectivity index (χ0n) is 20.2. The van der Waals surface area contributed by atoms with Crippen LogP contribution in [0.5, 0.6) is 17.2 Å². The molecule has 1 aliphatic heterocycles. The first-order valence-corrected chi connectivity index (χ1v) is 11.2. The molecule has 9 nitrogen and oxygen atoms in total. The third kappa shape index (κ3) is 5.63. The Kier molecular flexibility index (Phi) is 6.65. The second-order valence-electron chi connectivity index (χ2n) is 8.81. The van der Waals surface area contributed by atoms with Gasteiger partial charge in [0.05, 0.1) is 0 Å². The van der Waals surface area contributed by atoms with Gasteiger partial charge in [0.1, 0.15) is 23.0 Å². The van der Waals surface area contributed by atoms with Crippen LogP contribution >= 0.6 is 0 Å². The van der Waals surface area contributed by atoms with Crippen LogP contribution in [0.4, 0.5) is 0 Å². The third-order valence-electron chi connectivity index (χ3n) is 5.50. The van der Waals surface area contributed by atoms with Gasteiger partial charge >= 0.3 is 23.5 Å². The molecule has 0 fully saturated rings. The van der Waals surface area contributed by atoms with Crippen molar-refractivity contribution in [3.63, 3.8) is 0 Å². The van der Waals surface area contributed by atoms with Crippen molar-refractivity contribution in [2.75, 3.05) is 0 Å². The molecule has 0 saturated carbocycles. The molecule has 3 aromatic rings. The summed E-state index contributed by atoms with van der Waals surface area (Å²) < 4.78 is 27.2. The average Bonchev–Trinajstić information content (AvgIpc) is 2.77. The van der Waals surface area contributed by atoms with Gasteiger partial charge in [-0.05, 0) is 55.3 Å². The summed E-state index contributed by atoms with van der Waals surface area (Å²) >= 11 is 0. The molecular formula is C27H24O9. The lowest BCUT2D eigenvalue weighted by Gasteiger charge is -2.39. The monoisotopic (exact) mass is 492 g/mol. The number of rotatable bonds is 5. The van der Waals surface area contributed by atoms with E-state index < -0.39 is 35.2 Å². The van der Waals surface area contributed by atoms with Crippen LogP contribution in [0.1, 0.15) is 38.8 Å². The molecule has 9 heteroatoms. The molecule has 0 amide bonds. The van der Waals surface area contributed by atoms with Gasteiger partial charge in [0.15, 0.2) is 11.5 Å². The van der Waals surface area contributed by atoms with Gasteiger partial charge in [-0.2, -0.15) is 0 Å². The van der Waals surface area contributed by atoms with Crippen molar-refractivity contribution in [1.29, 1.82) is 0 Å². The standard InChI is InChI=1S/C27H24O9/c1-15(28)32-20-8-5-17(11-23(20)33-16(2)29)6-9-26(31)35-24-13-19-12-18-7-10-25(30)34-21(18)14-22(19)36-27(24,3)4/h5-12,14,24H,13H2,1-4H3/b9-6+. The number of carbonyl (C=O) groups is 3. The largest absolute Gasteiger partial charge is 0.484 e. The number of fused-ring (bicyclic) bond motifs is 2. The molecular weight excluding hydrogens is 468 g/mol. The van der Waals surface area contributed by atoms with Crippen LogP contribution in [0.2, 0.25) is 0 Å². The average molecular weight is 492 g/mol. The van der Waals surface area contributed by atoms with Gasteiger partial charge in [0.2, 0.25) is 0 Å². The van der Waals surface area contributed by atoms with Crippen molar-refractivity contribution in [3.05, 3.63) is 70.1 Å². The van der Waals surface area contributed by atoms with Crippen molar-refractivity contribution in [2.45, 2.75) is 45.8 Å². The Hall–Kier alpha value is -4.40. The lowest BCUT2D eigenvalue weighted by atomic mass is 9.90. The highest BCUT2D eigenvalue weighted by molar-refractivity contribution is 5.87. The molecule has 0 bridgehead atoms. The zero-order chi connectivity index (χ0) is 26.0. The SMILES string of the molecule is CC(=O)Oc1ccc(/C=C/C(=O)OC2Cc3cc4ccc(=O)oc4cc3OC2(C)C)cc1OC(C)=O. The maximum atomic E-state index is 12.6. The normalized spacial score (nSPS) is 16.2. The molecule has 0 saturated heterocycles. The smallest absolute Gasteiger partial charge is 0.336 e. The quantitative estimate of drug-likeness (QED) is 0.225. The van der Waals surface area contributed by atoms with Crippen LogP contribution < -0.4 is 19.8 Å². The number of esters is 3. The van der Waals surface area contributed by atoms with Gasteiger partial charge in [0, 0.05) is 43.9 Å². The highest BCUT2D eigenvalue weighted by Gasteiger charge is 2.39. The van der Waals surface area contributed by atoms with E-state index in [0.717, 1.165) is 10.9 Å². The molecule has 1 atom stereocenters. The minimum Gasteiger partial charge on any atom is -0.484 e. The van der Waals surface area contributed by atoms with Crippen molar-refractivity contribution < 1.29 is 37.7 Å². The summed E-state index contributed by atoms with van der Waals surface area (Å²) in [6, 6.07) is 11.1. The number of ether oxygens (including phenoxy) is 4. The lowest BCUT2D eigenvalue weighted by Crippen LogP contribution is -2.48. The minimum atomic E-state index is -0.840. The van der Waals surface area contributed by atoms with Crippen LogP contribution in [-0.2, 0) is 25.5 Å². The molecule has 1 aliphatic rings. The maximum absolute atomic E-state index is 12.6. The van der Waals surface area contributed by atoms with E-state index in [4.69, 9.17) is 23.4 Å². The molecule has 186 valence electrons. The summed E-state index contributed by atoms with van der Waals surface area (Å²) in [5.74, 6) is -1.04. The molecule has 1 aromatic heterocycles. The van der Waals surface area contributed by atoms with Gasteiger partial charge in [-0.1, -0.05) is 6.07 Å². The summed E-state index contributed by atoms with van der Waals surface area (Å²) in [7, 11) is 0. The van der Waals surface area contributed by atoms with E-state index in [1.54, 1.807) is 18.2 Å². The lowest BCUT2D eigenvalue weighted by molar-refractivity contribution is -0.155. The Balaban J connectivity index is 1.51. The number of hydrogen-bond donors (Lipinski definition) is 0. The Labute approximate surface area is 206 Å². The van der Waals surface area contributed by atoms with Crippen LogP contribution in [-0.4, -0.2) is 29.6 Å². The molecule has 0 radical (unpaired) electrons. The minimum absolute atomic E-state index is 0.0506. The van der Waals surface area contributed by atoms with E-state index in [9.17, 15) is 19.2 Å². The number of carbonyl (C=O) groups excluding carboxylic acids is 3. The highest BCUT2D eigenvalue weighted by Crippen LogP contribution is 2.37. The summed E-state index contributed by atoms with van der Waals surface area (Å²) in [4.78, 5) is 46.9. The fourth-order valence-electron chi connectivity index (χ4n) is 3.82. The molecule has 0 aliphatic carbocycles. The fraction of sp³-hybridized carbons (Fsp3) is 0.259. The summed E-state index contributed by atoms with van der Waals surface area (Å²) in [5.41, 5.74) is 0.481. The zero-order valence-corrected chi connectivity index (χ0v) is 20.2. The van der Waals surface area contributed by atoms with E-state index >= 15 is 0 Å². The van der Waals surface area contributed by atoms with Crippen LogP contribution in [0, 0.1) is 0 Å². The summed E-state index contributed by atoms with van der Waals surface area (Å²) in [6.45, 7) is 6.07. The number of hydrogen-bond acceptors (Lipinski definition) is 9. The van der Waals surface area contributed by atoms with Crippen LogP contribution in [0.25, 0.3) is 17.0 Å². The first kappa shape index (κ1) is 24.7. The Bertz CT molecular complexity index is 1450. The van der Waals surface area contributed by atoms with Gasteiger partial charge in [-0.25, -0.2) is 9.59 Å². The molecule has 2 aromatic carbocycles. The first-order valence-electron chi connectivity index (χ1n) is 11.2. The third-order valence-corrected chi connectivity index (χ3v) is 5.50. The van der Waals surface area contributed by atoms with Crippen molar-refractivity contribution >= 4 is 35.0 Å². The summed E-state index contributed by atoms with van der Waals surface area (Å²) in [5, 5.41) is 0.738. The molecule has 2 heterocycles.